The highest BCUT2D eigenvalue weighted by molar-refractivity contribution is 9.11. The highest BCUT2D eigenvalue weighted by atomic mass is 79.9. The minimum absolute atomic E-state index is 0.474. The molecule has 20 heavy (non-hydrogen) atoms. The van der Waals surface area contributed by atoms with E-state index in [2.05, 4.69) is 72.9 Å². The molecule has 1 atom stereocenters. The molecule has 0 heterocycles. The fraction of sp³-hybridized carbons (Fsp3) is 0.647. The molecule has 1 aliphatic carbocycles. The van der Waals surface area contributed by atoms with Crippen LogP contribution < -0.4 is 0 Å². The molecule has 0 N–H and O–H groups in total. The second kappa shape index (κ2) is 8.33. The van der Waals surface area contributed by atoms with E-state index in [1.807, 2.05) is 0 Å². The summed E-state index contributed by atoms with van der Waals surface area (Å²) in [6.07, 6.45) is 9.75. The summed E-state index contributed by atoms with van der Waals surface area (Å²) in [4.78, 5) is 0.474. The largest absolute Gasteiger partial charge is 0.0835 e. The Labute approximate surface area is 148 Å². The van der Waals surface area contributed by atoms with E-state index in [1.165, 1.54) is 55.0 Å². The molecular weight excluding hydrogens is 444 g/mol. The molecule has 0 bridgehead atoms. The molecule has 3 heteroatoms. The van der Waals surface area contributed by atoms with Crippen LogP contribution >= 0.6 is 47.8 Å². The highest BCUT2D eigenvalue weighted by Crippen LogP contribution is 2.45. The maximum absolute atomic E-state index is 3.95. The third kappa shape index (κ3) is 4.58. The van der Waals surface area contributed by atoms with Crippen LogP contribution in [-0.4, -0.2) is 0 Å². The van der Waals surface area contributed by atoms with Gasteiger partial charge in [-0.3, -0.25) is 0 Å². The van der Waals surface area contributed by atoms with Crippen LogP contribution in [0.25, 0.3) is 0 Å². The fourth-order valence-corrected chi connectivity index (χ4v) is 5.33. The first-order valence-corrected chi connectivity index (χ1v) is 10.2. The van der Waals surface area contributed by atoms with Gasteiger partial charge in [-0.2, -0.15) is 0 Å². The topological polar surface area (TPSA) is 0 Å². The average Bonchev–Trinajstić information content (AvgIpc) is 2.47. The van der Waals surface area contributed by atoms with E-state index < -0.39 is 0 Å². The number of hydrogen-bond acceptors (Lipinski definition) is 0. The highest BCUT2D eigenvalue weighted by Gasteiger charge is 2.27. The normalized spacial score (nSPS) is 24.6. The molecule has 0 amide bonds. The van der Waals surface area contributed by atoms with Gasteiger partial charge in [-0.15, -0.1) is 0 Å². The minimum atomic E-state index is 0.474. The molecule has 1 aromatic carbocycles. The predicted octanol–water partition coefficient (Wildman–Crippen LogP) is 7.64. The molecule has 2 rings (SSSR count). The van der Waals surface area contributed by atoms with Gasteiger partial charge in [-0.05, 0) is 48.4 Å². The third-order valence-electron chi connectivity index (χ3n) is 4.53. The summed E-state index contributed by atoms with van der Waals surface area (Å²) in [5.74, 6) is 1.76. The van der Waals surface area contributed by atoms with Crippen molar-refractivity contribution in [2.75, 3.05) is 0 Å². The smallest absolute Gasteiger partial charge is 0.0435 e. The number of hydrogen-bond donors (Lipinski definition) is 0. The molecule has 1 saturated carbocycles. The minimum Gasteiger partial charge on any atom is -0.0835 e. The molecule has 1 aliphatic rings. The monoisotopic (exact) mass is 464 g/mol. The van der Waals surface area contributed by atoms with Gasteiger partial charge in [0.05, 0.1) is 0 Å². The zero-order chi connectivity index (χ0) is 14.5. The Morgan fingerprint density at radius 1 is 1.15 bits per heavy atom. The SMILES string of the molecule is CCCCC1CCC(C(Br)c2cc(Br)ccc2Br)CC1. The van der Waals surface area contributed by atoms with Gasteiger partial charge in [0.1, 0.15) is 0 Å². The summed E-state index contributed by atoms with van der Waals surface area (Å²) in [6, 6.07) is 6.47. The van der Waals surface area contributed by atoms with E-state index in [0.717, 1.165) is 16.3 Å². The van der Waals surface area contributed by atoms with Crippen molar-refractivity contribution in [3.63, 3.8) is 0 Å². The van der Waals surface area contributed by atoms with Crippen molar-refractivity contribution in [3.8, 4) is 0 Å². The van der Waals surface area contributed by atoms with Crippen LogP contribution in [0.5, 0.6) is 0 Å². The first-order chi connectivity index (χ1) is 9.61. The Balaban J connectivity index is 1.94. The van der Waals surface area contributed by atoms with E-state index in [1.54, 1.807) is 0 Å². The van der Waals surface area contributed by atoms with Gasteiger partial charge in [0.25, 0.3) is 0 Å². The zero-order valence-electron chi connectivity index (χ0n) is 12.0. The zero-order valence-corrected chi connectivity index (χ0v) is 16.8. The average molecular weight is 467 g/mol. The molecule has 0 radical (unpaired) electrons. The molecule has 0 saturated heterocycles. The van der Waals surface area contributed by atoms with Crippen LogP contribution in [-0.2, 0) is 0 Å². The van der Waals surface area contributed by atoms with Crippen LogP contribution in [0.1, 0.15) is 62.3 Å². The predicted molar refractivity (Wildman–Crippen MR) is 98.5 cm³/mol. The number of benzene rings is 1. The van der Waals surface area contributed by atoms with Gasteiger partial charge in [0, 0.05) is 13.8 Å². The summed E-state index contributed by atoms with van der Waals surface area (Å²) in [6.45, 7) is 2.30. The van der Waals surface area contributed by atoms with Crippen LogP contribution in [0.2, 0.25) is 0 Å². The van der Waals surface area contributed by atoms with Crippen LogP contribution in [0, 0.1) is 11.8 Å². The molecule has 1 unspecified atom stereocenters. The summed E-state index contributed by atoms with van der Waals surface area (Å²) in [5.41, 5.74) is 1.39. The molecule has 112 valence electrons. The van der Waals surface area contributed by atoms with Crippen molar-refractivity contribution in [1.82, 2.24) is 0 Å². The molecule has 0 aromatic heterocycles. The fourth-order valence-electron chi connectivity index (χ4n) is 3.24. The Hall–Kier alpha value is 0.660. The molecule has 1 aromatic rings. The van der Waals surface area contributed by atoms with Gasteiger partial charge in [-0.25, -0.2) is 0 Å². The van der Waals surface area contributed by atoms with Crippen molar-refractivity contribution in [2.45, 2.75) is 56.7 Å². The molecule has 0 spiro atoms. The van der Waals surface area contributed by atoms with Crippen molar-refractivity contribution < 1.29 is 0 Å². The third-order valence-corrected chi connectivity index (χ3v) is 6.98. The Kier molecular flexibility index (Phi) is 7.09. The van der Waals surface area contributed by atoms with Crippen molar-refractivity contribution in [2.24, 2.45) is 11.8 Å². The summed E-state index contributed by atoms with van der Waals surface area (Å²) in [7, 11) is 0. The van der Waals surface area contributed by atoms with Crippen molar-refractivity contribution in [3.05, 3.63) is 32.7 Å². The number of halogens is 3. The van der Waals surface area contributed by atoms with Gasteiger partial charge < -0.3 is 0 Å². The molecule has 0 aliphatic heterocycles. The van der Waals surface area contributed by atoms with Crippen LogP contribution in [0.3, 0.4) is 0 Å². The quantitative estimate of drug-likeness (QED) is 0.391. The molecule has 0 nitrogen and oxygen atoms in total. The second-order valence-electron chi connectivity index (χ2n) is 5.99. The second-order valence-corrected chi connectivity index (χ2v) is 8.75. The summed E-state index contributed by atoms with van der Waals surface area (Å²) in [5, 5.41) is 0. The van der Waals surface area contributed by atoms with E-state index in [-0.39, 0.29) is 0 Å². The van der Waals surface area contributed by atoms with E-state index in [9.17, 15) is 0 Å². The number of unbranched alkanes of at least 4 members (excludes halogenated alkanes) is 1. The lowest BCUT2D eigenvalue weighted by Gasteiger charge is -2.32. The Bertz CT molecular complexity index is 422. The van der Waals surface area contributed by atoms with E-state index in [0.29, 0.717) is 4.83 Å². The molecule has 1 fully saturated rings. The van der Waals surface area contributed by atoms with Gasteiger partial charge in [0.2, 0.25) is 0 Å². The lowest BCUT2D eigenvalue weighted by Crippen LogP contribution is -2.18. The summed E-state index contributed by atoms with van der Waals surface area (Å²) < 4.78 is 2.38. The van der Waals surface area contributed by atoms with Gasteiger partial charge >= 0.3 is 0 Å². The van der Waals surface area contributed by atoms with Crippen LogP contribution in [0.4, 0.5) is 0 Å². The first kappa shape index (κ1) is 17.0. The van der Waals surface area contributed by atoms with Gasteiger partial charge in [0.15, 0.2) is 0 Å². The summed E-state index contributed by atoms with van der Waals surface area (Å²) >= 11 is 11.2. The van der Waals surface area contributed by atoms with Gasteiger partial charge in [-0.1, -0.05) is 86.8 Å². The van der Waals surface area contributed by atoms with E-state index in [4.69, 9.17) is 0 Å². The first-order valence-electron chi connectivity index (χ1n) is 7.70. The number of rotatable bonds is 5. The number of alkyl halides is 1. The maximum Gasteiger partial charge on any atom is 0.0435 e. The van der Waals surface area contributed by atoms with Crippen LogP contribution in [0.15, 0.2) is 27.1 Å². The van der Waals surface area contributed by atoms with Crippen molar-refractivity contribution >= 4 is 47.8 Å². The maximum atomic E-state index is 3.95. The standard InChI is InChI=1S/C17H23Br3/c1-2-3-4-12-5-7-13(8-6-12)17(20)15-11-14(18)9-10-16(15)19/h9-13,17H,2-8H2,1H3. The molecular formula is C17H23Br3. The Morgan fingerprint density at radius 2 is 1.85 bits per heavy atom. The van der Waals surface area contributed by atoms with Crippen molar-refractivity contribution in [1.29, 1.82) is 0 Å². The Morgan fingerprint density at radius 3 is 2.50 bits per heavy atom. The lowest BCUT2D eigenvalue weighted by atomic mass is 9.77. The van der Waals surface area contributed by atoms with E-state index >= 15 is 0 Å². The lowest BCUT2D eigenvalue weighted by molar-refractivity contribution is 0.257.